The van der Waals surface area contributed by atoms with Gasteiger partial charge in [-0.25, -0.2) is 9.78 Å². The van der Waals surface area contributed by atoms with Crippen molar-refractivity contribution in [1.29, 1.82) is 0 Å². The summed E-state index contributed by atoms with van der Waals surface area (Å²) < 4.78 is 8.06. The molecule has 0 spiro atoms. The molecule has 3 heterocycles. The minimum atomic E-state index is -0.225. The molecule has 2 aromatic heterocycles. The number of aromatic nitrogens is 2. The van der Waals surface area contributed by atoms with Crippen molar-refractivity contribution in [3.63, 3.8) is 0 Å². The molecule has 0 aromatic carbocycles. The smallest absolute Gasteiger partial charge is 0.409 e. The molecule has 0 saturated carbocycles. The van der Waals surface area contributed by atoms with Crippen molar-refractivity contribution >= 4 is 33.6 Å². The zero-order valence-electron chi connectivity index (χ0n) is 15.6. The fourth-order valence-corrected chi connectivity index (χ4v) is 3.44. The average molecular weight is 437 g/mol. The number of rotatable bonds is 4. The first-order valence-electron chi connectivity index (χ1n) is 9.11. The minimum absolute atomic E-state index is 0.225. The number of fused-ring (bicyclic) bond motifs is 1. The highest BCUT2D eigenvalue weighted by molar-refractivity contribution is 9.10. The number of likely N-dealkylation sites (tertiary alicyclic amines) is 1. The van der Waals surface area contributed by atoms with Crippen LogP contribution in [0.3, 0.4) is 0 Å². The molecule has 146 valence electrons. The fourth-order valence-electron chi connectivity index (χ4n) is 3.09. The highest BCUT2D eigenvalue weighted by Crippen LogP contribution is 2.13. The lowest BCUT2D eigenvalue weighted by atomic mass is 10.1. The molecular formula is C18H25BrN6O2. The van der Waals surface area contributed by atoms with Gasteiger partial charge >= 0.3 is 6.09 Å². The molecule has 0 unspecified atom stereocenters. The third-order valence-corrected chi connectivity index (χ3v) is 4.96. The van der Waals surface area contributed by atoms with Gasteiger partial charge < -0.3 is 24.7 Å². The first-order valence-corrected chi connectivity index (χ1v) is 9.90. The van der Waals surface area contributed by atoms with E-state index in [0.717, 1.165) is 34.6 Å². The third-order valence-electron chi connectivity index (χ3n) is 4.49. The largest absolute Gasteiger partial charge is 0.450 e. The van der Waals surface area contributed by atoms with Gasteiger partial charge in [-0.2, -0.15) is 0 Å². The lowest BCUT2D eigenvalue weighted by Gasteiger charge is -2.32. The number of halogens is 1. The molecule has 1 saturated heterocycles. The Balaban J connectivity index is 1.49. The van der Waals surface area contributed by atoms with Gasteiger partial charge in [0.1, 0.15) is 5.65 Å². The van der Waals surface area contributed by atoms with Crippen LogP contribution in [0.1, 0.15) is 25.5 Å². The number of aliphatic imine (C=N–C) groups is 1. The van der Waals surface area contributed by atoms with Crippen LogP contribution in [-0.4, -0.2) is 59.1 Å². The van der Waals surface area contributed by atoms with Crippen LogP contribution in [0.5, 0.6) is 0 Å². The minimum Gasteiger partial charge on any atom is -0.450 e. The second-order valence-electron chi connectivity index (χ2n) is 6.38. The Morgan fingerprint density at radius 3 is 2.85 bits per heavy atom. The van der Waals surface area contributed by atoms with Crippen molar-refractivity contribution in [1.82, 2.24) is 24.9 Å². The van der Waals surface area contributed by atoms with E-state index in [2.05, 4.69) is 36.5 Å². The predicted molar refractivity (Wildman–Crippen MR) is 108 cm³/mol. The zero-order valence-corrected chi connectivity index (χ0v) is 17.2. The fraction of sp³-hybridized carbons (Fsp3) is 0.500. The Morgan fingerprint density at radius 1 is 1.37 bits per heavy atom. The molecule has 9 heteroatoms. The van der Waals surface area contributed by atoms with Crippen molar-refractivity contribution in [2.45, 2.75) is 32.4 Å². The van der Waals surface area contributed by atoms with Crippen molar-refractivity contribution in [3.05, 3.63) is 34.7 Å². The highest BCUT2D eigenvalue weighted by Gasteiger charge is 2.24. The van der Waals surface area contributed by atoms with Crippen molar-refractivity contribution in [3.8, 4) is 0 Å². The number of hydrogen-bond donors (Lipinski definition) is 2. The maximum absolute atomic E-state index is 11.8. The van der Waals surface area contributed by atoms with Crippen LogP contribution >= 0.6 is 15.9 Å². The van der Waals surface area contributed by atoms with Gasteiger partial charge in [0.15, 0.2) is 5.96 Å². The summed E-state index contributed by atoms with van der Waals surface area (Å²) in [5, 5.41) is 6.74. The molecule has 3 rings (SSSR count). The van der Waals surface area contributed by atoms with Gasteiger partial charge in [0, 0.05) is 43.0 Å². The van der Waals surface area contributed by atoms with Crippen LogP contribution in [0.2, 0.25) is 0 Å². The van der Waals surface area contributed by atoms with Crippen LogP contribution in [0.25, 0.3) is 5.65 Å². The number of carbonyl (C=O) groups is 1. The Labute approximate surface area is 167 Å². The Hall–Kier alpha value is -2.29. The lowest BCUT2D eigenvalue weighted by molar-refractivity contribution is 0.0963. The number of guanidine groups is 1. The molecule has 8 nitrogen and oxygen atoms in total. The summed E-state index contributed by atoms with van der Waals surface area (Å²) in [6.45, 7) is 4.20. The molecule has 1 amide bonds. The van der Waals surface area contributed by atoms with E-state index in [1.54, 1.807) is 11.9 Å². The van der Waals surface area contributed by atoms with E-state index < -0.39 is 0 Å². The number of nitrogens with zero attached hydrogens (tertiary/aromatic N) is 4. The maximum Gasteiger partial charge on any atom is 0.409 e. The molecule has 1 fully saturated rings. The summed E-state index contributed by atoms with van der Waals surface area (Å²) in [7, 11) is 1.75. The summed E-state index contributed by atoms with van der Waals surface area (Å²) in [6.07, 6.45) is 5.48. The van der Waals surface area contributed by atoms with Gasteiger partial charge in [-0.15, -0.1) is 0 Å². The standard InChI is InChI=1S/C18H25BrN6O2/c1-3-27-18(26)24-8-6-14(7-9-24)23-17(20-2)21-10-15-12-25-11-13(19)4-5-16(25)22-15/h4-5,11-12,14H,3,6-10H2,1-2H3,(H2,20,21,23). The molecule has 0 bridgehead atoms. The number of carbonyl (C=O) groups excluding carboxylic acids is 1. The summed E-state index contributed by atoms with van der Waals surface area (Å²) in [6, 6.07) is 4.22. The van der Waals surface area contributed by atoms with E-state index in [1.807, 2.05) is 35.9 Å². The average Bonchev–Trinajstić information content (AvgIpc) is 3.07. The third kappa shape index (κ3) is 5.12. The number of piperidine rings is 1. The number of pyridine rings is 1. The second kappa shape index (κ2) is 9.07. The Kier molecular flexibility index (Phi) is 6.54. The zero-order chi connectivity index (χ0) is 19.2. The second-order valence-corrected chi connectivity index (χ2v) is 7.29. The van der Waals surface area contributed by atoms with Crippen LogP contribution in [0, 0.1) is 0 Å². The first kappa shape index (κ1) is 19.5. The van der Waals surface area contributed by atoms with Crippen LogP contribution in [0.4, 0.5) is 4.79 Å². The molecule has 2 aromatic rings. The number of nitrogens with one attached hydrogen (secondary N) is 2. The maximum atomic E-state index is 11.8. The van der Waals surface area contributed by atoms with E-state index in [4.69, 9.17) is 4.74 Å². The molecule has 27 heavy (non-hydrogen) atoms. The Bertz CT molecular complexity index is 813. The van der Waals surface area contributed by atoms with Crippen molar-refractivity contribution < 1.29 is 9.53 Å². The van der Waals surface area contributed by atoms with E-state index >= 15 is 0 Å². The molecule has 0 atom stereocenters. The summed E-state index contributed by atoms with van der Waals surface area (Å²) >= 11 is 3.47. The molecule has 0 radical (unpaired) electrons. The van der Waals surface area contributed by atoms with Gasteiger partial charge in [-0.05, 0) is 47.8 Å². The number of ether oxygens (including phenoxy) is 1. The first-order chi connectivity index (χ1) is 13.1. The summed E-state index contributed by atoms with van der Waals surface area (Å²) in [5.41, 5.74) is 1.84. The normalized spacial score (nSPS) is 15.8. The molecule has 0 aliphatic carbocycles. The van der Waals surface area contributed by atoms with Gasteiger partial charge in [0.2, 0.25) is 0 Å². The van der Waals surface area contributed by atoms with Gasteiger partial charge in [0.25, 0.3) is 0 Å². The van der Waals surface area contributed by atoms with Crippen molar-refractivity contribution in [2.24, 2.45) is 4.99 Å². The summed E-state index contributed by atoms with van der Waals surface area (Å²) in [4.78, 5) is 22.4. The van der Waals surface area contributed by atoms with Crippen LogP contribution < -0.4 is 10.6 Å². The summed E-state index contributed by atoms with van der Waals surface area (Å²) in [5.74, 6) is 0.739. The van der Waals surface area contributed by atoms with E-state index in [0.29, 0.717) is 26.2 Å². The number of hydrogen-bond acceptors (Lipinski definition) is 4. The van der Waals surface area contributed by atoms with Crippen molar-refractivity contribution in [2.75, 3.05) is 26.7 Å². The predicted octanol–water partition coefficient (Wildman–Crippen LogP) is 2.38. The lowest BCUT2D eigenvalue weighted by Crippen LogP contribution is -2.49. The van der Waals surface area contributed by atoms with E-state index in [9.17, 15) is 4.79 Å². The number of imidazole rings is 1. The monoisotopic (exact) mass is 436 g/mol. The van der Waals surface area contributed by atoms with Gasteiger partial charge in [-0.1, -0.05) is 0 Å². The quantitative estimate of drug-likeness (QED) is 0.567. The van der Waals surface area contributed by atoms with Gasteiger partial charge in [0.05, 0.1) is 18.8 Å². The van der Waals surface area contributed by atoms with Crippen LogP contribution in [0.15, 0.2) is 34.0 Å². The van der Waals surface area contributed by atoms with E-state index in [-0.39, 0.29) is 12.1 Å². The number of amides is 1. The van der Waals surface area contributed by atoms with Gasteiger partial charge in [-0.3, -0.25) is 4.99 Å². The van der Waals surface area contributed by atoms with E-state index in [1.165, 1.54) is 0 Å². The topological polar surface area (TPSA) is 83.3 Å². The SMILES string of the molecule is CCOC(=O)N1CCC(NC(=NC)NCc2cn3cc(Br)ccc3n2)CC1. The molecule has 1 aliphatic rings. The molecule has 1 aliphatic heterocycles. The molecular weight excluding hydrogens is 412 g/mol. The molecule has 2 N–H and O–H groups in total. The van der Waals surface area contributed by atoms with Crippen LogP contribution in [-0.2, 0) is 11.3 Å². The Morgan fingerprint density at radius 2 is 2.15 bits per heavy atom. The highest BCUT2D eigenvalue weighted by atomic mass is 79.9.